The molecule has 0 spiro atoms. The van der Waals surface area contributed by atoms with Crippen LogP contribution in [-0.4, -0.2) is 25.0 Å². The summed E-state index contributed by atoms with van der Waals surface area (Å²) in [6.07, 6.45) is 5.45. The molecule has 0 bridgehead atoms. The zero-order chi connectivity index (χ0) is 13.8. The Kier molecular flexibility index (Phi) is 5.52. The number of rotatable bonds is 5. The van der Waals surface area contributed by atoms with Crippen LogP contribution in [0.4, 0.5) is 0 Å². The van der Waals surface area contributed by atoms with Gasteiger partial charge in [0.15, 0.2) is 0 Å². The number of halogens is 2. The van der Waals surface area contributed by atoms with Crippen molar-refractivity contribution in [2.24, 2.45) is 11.7 Å². The molecule has 4 heteroatoms. The highest BCUT2D eigenvalue weighted by molar-refractivity contribution is 6.42. The summed E-state index contributed by atoms with van der Waals surface area (Å²) in [7, 11) is 2.15. The van der Waals surface area contributed by atoms with Crippen molar-refractivity contribution in [1.82, 2.24) is 4.90 Å². The summed E-state index contributed by atoms with van der Waals surface area (Å²) in [5.74, 6) is 0.821. The molecule has 0 aliphatic heterocycles. The van der Waals surface area contributed by atoms with E-state index in [2.05, 4.69) is 11.9 Å². The number of nitrogens with zero attached hydrogens (tertiary/aromatic N) is 1. The minimum Gasteiger partial charge on any atom is -0.329 e. The van der Waals surface area contributed by atoms with Crippen LogP contribution in [0, 0.1) is 5.92 Å². The molecule has 2 nitrogen and oxygen atoms in total. The Morgan fingerprint density at radius 2 is 1.95 bits per heavy atom. The van der Waals surface area contributed by atoms with Crippen LogP contribution in [0.25, 0.3) is 0 Å². The van der Waals surface area contributed by atoms with Gasteiger partial charge in [0.25, 0.3) is 0 Å². The van der Waals surface area contributed by atoms with Gasteiger partial charge in [-0.1, -0.05) is 42.1 Å². The van der Waals surface area contributed by atoms with Crippen molar-refractivity contribution in [3.63, 3.8) is 0 Å². The molecule has 1 atom stereocenters. The molecule has 0 amide bonds. The first-order valence-corrected chi connectivity index (χ1v) is 7.72. The lowest BCUT2D eigenvalue weighted by molar-refractivity contribution is 0.212. The molecule has 2 rings (SSSR count). The van der Waals surface area contributed by atoms with Gasteiger partial charge in [-0.2, -0.15) is 0 Å². The van der Waals surface area contributed by atoms with Gasteiger partial charge in [-0.25, -0.2) is 0 Å². The van der Waals surface area contributed by atoms with Crippen LogP contribution in [0.5, 0.6) is 0 Å². The molecule has 19 heavy (non-hydrogen) atoms. The maximum Gasteiger partial charge on any atom is 0.0595 e. The summed E-state index contributed by atoms with van der Waals surface area (Å²) in [6, 6.07) is 6.03. The molecule has 1 aliphatic rings. The van der Waals surface area contributed by atoms with Gasteiger partial charge in [0.05, 0.1) is 10.0 Å². The fourth-order valence-corrected chi connectivity index (χ4v) is 3.32. The van der Waals surface area contributed by atoms with E-state index in [0.29, 0.717) is 16.6 Å². The first kappa shape index (κ1) is 15.1. The Bertz CT molecular complexity index is 417. The van der Waals surface area contributed by atoms with Gasteiger partial charge in [-0.05, 0) is 43.5 Å². The number of benzene rings is 1. The summed E-state index contributed by atoms with van der Waals surface area (Å²) >= 11 is 12.1. The van der Waals surface area contributed by atoms with Gasteiger partial charge in [0.2, 0.25) is 0 Å². The largest absolute Gasteiger partial charge is 0.329 e. The monoisotopic (exact) mass is 300 g/mol. The van der Waals surface area contributed by atoms with Crippen LogP contribution >= 0.6 is 23.2 Å². The fourth-order valence-electron chi connectivity index (χ4n) is 3.02. The van der Waals surface area contributed by atoms with E-state index in [1.54, 1.807) is 0 Å². The normalized spacial score (nSPS) is 18.2. The molecule has 0 heterocycles. The SMILES string of the molecule is CN(CC1CCCC1)C(CN)c1ccc(Cl)c(Cl)c1. The van der Waals surface area contributed by atoms with Crippen molar-refractivity contribution in [1.29, 1.82) is 0 Å². The molecule has 1 aromatic carbocycles. The first-order chi connectivity index (χ1) is 9.11. The van der Waals surface area contributed by atoms with E-state index in [1.165, 1.54) is 25.7 Å². The molecule has 1 aromatic rings. The Labute approximate surface area is 125 Å². The van der Waals surface area contributed by atoms with E-state index in [0.717, 1.165) is 18.0 Å². The molecule has 2 N–H and O–H groups in total. The van der Waals surface area contributed by atoms with E-state index < -0.39 is 0 Å². The summed E-state index contributed by atoms with van der Waals surface area (Å²) in [4.78, 5) is 2.36. The van der Waals surface area contributed by atoms with Crippen molar-refractivity contribution in [2.45, 2.75) is 31.7 Å². The summed E-state index contributed by atoms with van der Waals surface area (Å²) in [6.45, 7) is 1.71. The molecule has 1 saturated carbocycles. The molecule has 0 aromatic heterocycles. The standard InChI is InChI=1S/C15H22Cl2N2/c1-19(10-11-4-2-3-5-11)15(9-18)12-6-7-13(16)14(17)8-12/h6-8,11,15H,2-5,9-10,18H2,1H3. The van der Waals surface area contributed by atoms with Crippen LogP contribution in [0.15, 0.2) is 18.2 Å². The number of hydrogen-bond donors (Lipinski definition) is 1. The highest BCUT2D eigenvalue weighted by atomic mass is 35.5. The predicted octanol–water partition coefficient (Wildman–Crippen LogP) is 4.12. The van der Waals surface area contributed by atoms with Crippen LogP contribution in [0.1, 0.15) is 37.3 Å². The summed E-state index contributed by atoms with van der Waals surface area (Å²) in [5.41, 5.74) is 7.10. The lowest BCUT2D eigenvalue weighted by Gasteiger charge is -2.29. The lowest BCUT2D eigenvalue weighted by Crippen LogP contribution is -2.33. The van der Waals surface area contributed by atoms with E-state index in [-0.39, 0.29) is 6.04 Å². The van der Waals surface area contributed by atoms with Crippen LogP contribution in [0.2, 0.25) is 10.0 Å². The van der Waals surface area contributed by atoms with Crippen molar-refractivity contribution >= 4 is 23.2 Å². The van der Waals surface area contributed by atoms with Gasteiger partial charge in [-0.3, -0.25) is 4.90 Å². The minimum absolute atomic E-state index is 0.218. The van der Waals surface area contributed by atoms with Crippen molar-refractivity contribution < 1.29 is 0 Å². The Hall–Kier alpha value is -0.280. The average molecular weight is 301 g/mol. The van der Waals surface area contributed by atoms with Gasteiger partial charge in [0, 0.05) is 19.1 Å². The zero-order valence-electron chi connectivity index (χ0n) is 11.4. The second-order valence-corrected chi connectivity index (χ2v) is 6.33. The van der Waals surface area contributed by atoms with Crippen LogP contribution in [0.3, 0.4) is 0 Å². The molecular weight excluding hydrogens is 279 g/mol. The fraction of sp³-hybridized carbons (Fsp3) is 0.600. The van der Waals surface area contributed by atoms with E-state index in [1.807, 2.05) is 18.2 Å². The molecule has 1 aliphatic carbocycles. The van der Waals surface area contributed by atoms with Crippen molar-refractivity contribution in [3.05, 3.63) is 33.8 Å². The maximum atomic E-state index is 6.10. The van der Waals surface area contributed by atoms with Gasteiger partial charge >= 0.3 is 0 Å². The molecule has 0 saturated heterocycles. The van der Waals surface area contributed by atoms with Crippen molar-refractivity contribution in [2.75, 3.05) is 20.1 Å². The third-order valence-electron chi connectivity index (χ3n) is 4.10. The third kappa shape index (κ3) is 3.85. The average Bonchev–Trinajstić information content (AvgIpc) is 2.87. The quantitative estimate of drug-likeness (QED) is 0.886. The summed E-state index contributed by atoms with van der Waals surface area (Å²) < 4.78 is 0. The smallest absolute Gasteiger partial charge is 0.0595 e. The molecular formula is C15H22Cl2N2. The highest BCUT2D eigenvalue weighted by Crippen LogP contribution is 2.30. The van der Waals surface area contributed by atoms with Gasteiger partial charge < -0.3 is 5.73 Å². The first-order valence-electron chi connectivity index (χ1n) is 6.97. The second kappa shape index (κ2) is 6.94. The third-order valence-corrected chi connectivity index (χ3v) is 4.84. The van der Waals surface area contributed by atoms with Crippen LogP contribution in [-0.2, 0) is 0 Å². The maximum absolute atomic E-state index is 6.10. The van der Waals surface area contributed by atoms with E-state index in [4.69, 9.17) is 28.9 Å². The number of likely N-dealkylation sites (N-methyl/N-ethyl adjacent to an activating group) is 1. The number of hydrogen-bond acceptors (Lipinski definition) is 2. The Morgan fingerprint density at radius 1 is 1.26 bits per heavy atom. The zero-order valence-corrected chi connectivity index (χ0v) is 12.9. The van der Waals surface area contributed by atoms with E-state index >= 15 is 0 Å². The molecule has 1 unspecified atom stereocenters. The highest BCUT2D eigenvalue weighted by Gasteiger charge is 2.22. The molecule has 1 fully saturated rings. The molecule has 0 radical (unpaired) electrons. The number of nitrogens with two attached hydrogens (primary N) is 1. The molecule has 106 valence electrons. The van der Waals surface area contributed by atoms with Crippen LogP contribution < -0.4 is 5.73 Å². The van der Waals surface area contributed by atoms with Gasteiger partial charge in [-0.15, -0.1) is 0 Å². The lowest BCUT2D eigenvalue weighted by atomic mass is 10.0. The summed E-state index contributed by atoms with van der Waals surface area (Å²) in [5, 5.41) is 1.20. The Morgan fingerprint density at radius 3 is 2.53 bits per heavy atom. The predicted molar refractivity (Wildman–Crippen MR) is 82.8 cm³/mol. The topological polar surface area (TPSA) is 29.3 Å². The van der Waals surface area contributed by atoms with E-state index in [9.17, 15) is 0 Å². The Balaban J connectivity index is 2.06. The van der Waals surface area contributed by atoms with Gasteiger partial charge in [0.1, 0.15) is 0 Å². The second-order valence-electron chi connectivity index (χ2n) is 5.52. The minimum atomic E-state index is 0.218. The van der Waals surface area contributed by atoms with Crippen molar-refractivity contribution in [3.8, 4) is 0 Å².